The van der Waals surface area contributed by atoms with Crippen molar-refractivity contribution in [2.75, 3.05) is 10.6 Å². The van der Waals surface area contributed by atoms with Crippen LogP contribution < -0.4 is 10.6 Å². The summed E-state index contributed by atoms with van der Waals surface area (Å²) in [6, 6.07) is 11.4. The van der Waals surface area contributed by atoms with Crippen LogP contribution in [0.15, 0.2) is 48.8 Å². The number of hydrogen-bond acceptors (Lipinski definition) is 3. The molecule has 3 aromatic rings. The first-order valence-electron chi connectivity index (χ1n) is 7.16. The van der Waals surface area contributed by atoms with Crippen LogP contribution in [-0.2, 0) is 6.54 Å². The lowest BCUT2D eigenvalue weighted by atomic mass is 10.2. The van der Waals surface area contributed by atoms with E-state index >= 15 is 0 Å². The lowest BCUT2D eigenvalue weighted by Gasteiger charge is -2.08. The summed E-state index contributed by atoms with van der Waals surface area (Å²) >= 11 is 17.2. The number of nitrogens with one attached hydrogen (secondary N) is 2. The van der Waals surface area contributed by atoms with Crippen LogP contribution in [0.2, 0.25) is 10.0 Å². The zero-order chi connectivity index (χ0) is 17.8. The minimum atomic E-state index is -0.382. The lowest BCUT2D eigenvalue weighted by Crippen LogP contribution is -2.20. The van der Waals surface area contributed by atoms with E-state index in [-0.39, 0.29) is 5.82 Å². The van der Waals surface area contributed by atoms with E-state index in [9.17, 15) is 4.39 Å². The first-order valence-corrected chi connectivity index (χ1v) is 8.33. The molecule has 128 valence electrons. The molecule has 9 heteroatoms. The number of benzene rings is 2. The molecular weight excluding hydrogens is 384 g/mol. The summed E-state index contributed by atoms with van der Waals surface area (Å²) in [6.07, 6.45) is 1.53. The Labute approximate surface area is 158 Å². The van der Waals surface area contributed by atoms with E-state index in [1.54, 1.807) is 22.9 Å². The zero-order valence-corrected chi connectivity index (χ0v) is 15.0. The molecule has 0 bridgehead atoms. The largest absolute Gasteiger partial charge is 0.332 e. The van der Waals surface area contributed by atoms with Gasteiger partial charge in [0.15, 0.2) is 5.11 Å². The van der Waals surface area contributed by atoms with Gasteiger partial charge in [-0.3, -0.25) is 5.32 Å². The van der Waals surface area contributed by atoms with Crippen LogP contribution in [0.4, 0.5) is 16.0 Å². The van der Waals surface area contributed by atoms with E-state index in [1.807, 2.05) is 12.1 Å². The van der Waals surface area contributed by atoms with Crippen LogP contribution in [0.5, 0.6) is 0 Å². The molecule has 2 aromatic carbocycles. The second-order valence-corrected chi connectivity index (χ2v) is 6.34. The third-order valence-electron chi connectivity index (χ3n) is 3.19. The van der Waals surface area contributed by atoms with Crippen molar-refractivity contribution in [1.82, 2.24) is 14.8 Å². The molecule has 2 N–H and O–H groups in total. The molecule has 0 atom stereocenters. The second-order valence-electron chi connectivity index (χ2n) is 5.09. The van der Waals surface area contributed by atoms with E-state index in [1.165, 1.54) is 18.5 Å². The summed E-state index contributed by atoms with van der Waals surface area (Å²) in [7, 11) is 0. The summed E-state index contributed by atoms with van der Waals surface area (Å²) in [5.74, 6) is -0.0510. The Morgan fingerprint density at radius 3 is 2.76 bits per heavy atom. The van der Waals surface area contributed by atoms with E-state index in [0.717, 1.165) is 11.3 Å². The highest BCUT2D eigenvalue weighted by atomic mass is 35.5. The Bertz CT molecular complexity index is 915. The van der Waals surface area contributed by atoms with Gasteiger partial charge in [-0.2, -0.15) is 0 Å². The number of hydrogen-bond donors (Lipinski definition) is 2. The van der Waals surface area contributed by atoms with Gasteiger partial charge in [0, 0.05) is 15.7 Å². The first-order chi connectivity index (χ1) is 12.0. The lowest BCUT2D eigenvalue weighted by molar-refractivity contribution is 0.624. The molecular formula is C16H12Cl2FN5S. The third-order valence-corrected chi connectivity index (χ3v) is 3.98. The van der Waals surface area contributed by atoms with Crippen molar-refractivity contribution in [3.05, 3.63) is 70.2 Å². The van der Waals surface area contributed by atoms with Gasteiger partial charge in [0.2, 0.25) is 5.95 Å². The van der Waals surface area contributed by atoms with E-state index < -0.39 is 0 Å². The maximum atomic E-state index is 13.1. The molecule has 0 aliphatic rings. The van der Waals surface area contributed by atoms with Crippen molar-refractivity contribution in [1.29, 1.82) is 0 Å². The molecule has 0 aliphatic carbocycles. The van der Waals surface area contributed by atoms with Crippen molar-refractivity contribution < 1.29 is 4.39 Å². The molecule has 1 heterocycles. The van der Waals surface area contributed by atoms with Crippen LogP contribution >= 0.6 is 35.4 Å². The average Bonchev–Trinajstić information content (AvgIpc) is 2.97. The van der Waals surface area contributed by atoms with Gasteiger partial charge in [-0.05, 0) is 48.1 Å². The van der Waals surface area contributed by atoms with Gasteiger partial charge in [0.05, 0.1) is 6.54 Å². The molecule has 0 saturated carbocycles. The Kier molecular flexibility index (Phi) is 5.47. The number of anilines is 2. The Hall–Kier alpha value is -2.22. The fraction of sp³-hybridized carbons (Fsp3) is 0.0625. The van der Waals surface area contributed by atoms with Gasteiger partial charge >= 0.3 is 0 Å². The van der Waals surface area contributed by atoms with Crippen LogP contribution in [0, 0.1) is 5.82 Å². The maximum absolute atomic E-state index is 13.1. The summed E-state index contributed by atoms with van der Waals surface area (Å²) in [6.45, 7) is 0.363. The molecule has 0 amide bonds. The average molecular weight is 396 g/mol. The quantitative estimate of drug-likeness (QED) is 0.633. The number of thiocarbonyl (C=S) groups is 1. The highest BCUT2D eigenvalue weighted by molar-refractivity contribution is 7.80. The molecule has 0 fully saturated rings. The van der Waals surface area contributed by atoms with Gasteiger partial charge in [0.1, 0.15) is 12.1 Å². The number of halogens is 3. The van der Waals surface area contributed by atoms with Crippen molar-refractivity contribution in [2.45, 2.75) is 6.54 Å². The van der Waals surface area contributed by atoms with Crippen LogP contribution in [-0.4, -0.2) is 19.9 Å². The van der Waals surface area contributed by atoms with E-state index in [2.05, 4.69) is 20.7 Å². The summed E-state index contributed by atoms with van der Waals surface area (Å²) in [4.78, 5) is 4.13. The molecule has 3 rings (SSSR count). The first kappa shape index (κ1) is 17.6. The van der Waals surface area contributed by atoms with Gasteiger partial charge in [-0.1, -0.05) is 35.3 Å². The monoisotopic (exact) mass is 395 g/mol. The Balaban J connectivity index is 1.62. The molecule has 1 aromatic heterocycles. The maximum Gasteiger partial charge on any atom is 0.248 e. The number of rotatable bonds is 4. The highest BCUT2D eigenvalue weighted by Crippen LogP contribution is 2.18. The number of aromatic nitrogens is 3. The minimum absolute atomic E-state index is 0.331. The van der Waals surface area contributed by atoms with Gasteiger partial charge in [0.25, 0.3) is 0 Å². The topological polar surface area (TPSA) is 54.8 Å². The van der Waals surface area contributed by atoms with Crippen LogP contribution in [0.3, 0.4) is 0 Å². The zero-order valence-electron chi connectivity index (χ0n) is 12.7. The van der Waals surface area contributed by atoms with Crippen molar-refractivity contribution in [3.63, 3.8) is 0 Å². The molecule has 0 spiro atoms. The highest BCUT2D eigenvalue weighted by Gasteiger charge is 2.07. The number of nitrogens with zero attached hydrogens (tertiary/aromatic N) is 3. The van der Waals surface area contributed by atoms with Crippen molar-refractivity contribution in [3.8, 4) is 0 Å². The fourth-order valence-electron chi connectivity index (χ4n) is 2.08. The summed E-state index contributed by atoms with van der Waals surface area (Å²) < 4.78 is 14.7. The molecule has 0 radical (unpaired) electrons. The second kappa shape index (κ2) is 7.77. The Morgan fingerprint density at radius 2 is 2.00 bits per heavy atom. The van der Waals surface area contributed by atoms with Gasteiger partial charge < -0.3 is 5.32 Å². The van der Waals surface area contributed by atoms with E-state index in [0.29, 0.717) is 27.7 Å². The smallest absolute Gasteiger partial charge is 0.248 e. The molecule has 5 nitrogen and oxygen atoms in total. The molecule has 25 heavy (non-hydrogen) atoms. The molecule has 0 unspecified atom stereocenters. The van der Waals surface area contributed by atoms with Gasteiger partial charge in [-0.25, -0.2) is 14.1 Å². The van der Waals surface area contributed by atoms with Crippen LogP contribution in [0.1, 0.15) is 5.56 Å². The third kappa shape index (κ3) is 4.88. The van der Waals surface area contributed by atoms with Crippen LogP contribution in [0.25, 0.3) is 0 Å². The predicted molar refractivity (Wildman–Crippen MR) is 102 cm³/mol. The fourth-order valence-corrected chi connectivity index (χ4v) is 2.71. The predicted octanol–water partition coefficient (Wildman–Crippen LogP) is 4.58. The molecule has 0 saturated heterocycles. The summed E-state index contributed by atoms with van der Waals surface area (Å²) in [5.41, 5.74) is 1.49. The SMILES string of the molecule is Fc1ccc(Cn2cnc(NC(=S)Nc3cccc(Cl)c3)n2)c(Cl)c1. The minimum Gasteiger partial charge on any atom is -0.332 e. The van der Waals surface area contributed by atoms with E-state index in [4.69, 9.17) is 35.4 Å². The van der Waals surface area contributed by atoms with Gasteiger partial charge in [-0.15, -0.1) is 5.10 Å². The normalized spacial score (nSPS) is 10.5. The summed E-state index contributed by atoms with van der Waals surface area (Å²) in [5, 5.41) is 11.4. The van der Waals surface area contributed by atoms with Crippen molar-refractivity contribution >= 4 is 52.2 Å². The van der Waals surface area contributed by atoms with Crippen molar-refractivity contribution in [2.24, 2.45) is 0 Å². The Morgan fingerprint density at radius 1 is 1.16 bits per heavy atom. The molecule has 0 aliphatic heterocycles. The standard InChI is InChI=1S/C16H12Cl2FN5S/c17-11-2-1-3-13(6-11)21-16(25)22-15-20-9-24(23-15)8-10-4-5-12(19)7-14(10)18/h1-7,9H,8H2,(H2,21,22,23,25).